The van der Waals surface area contributed by atoms with Crippen LogP contribution in [0.15, 0.2) is 18.2 Å². The number of phosphoric acid groups is 1. The van der Waals surface area contributed by atoms with Crippen molar-refractivity contribution in [1.82, 2.24) is 5.32 Å². The van der Waals surface area contributed by atoms with Gasteiger partial charge in [0.05, 0.1) is 0 Å². The van der Waals surface area contributed by atoms with E-state index in [2.05, 4.69) is 9.84 Å². The van der Waals surface area contributed by atoms with Gasteiger partial charge in [-0.3, -0.25) is 9.84 Å². The number of phosphoric ester groups is 1. The topological polar surface area (TPSA) is 97.2 Å². The van der Waals surface area contributed by atoms with E-state index in [-0.39, 0.29) is 19.6 Å². The molecule has 0 spiro atoms. The molecule has 0 fully saturated rings. The summed E-state index contributed by atoms with van der Waals surface area (Å²) in [6.45, 7) is 1.94. The summed E-state index contributed by atoms with van der Waals surface area (Å²) >= 11 is 0. The van der Waals surface area contributed by atoms with Gasteiger partial charge < -0.3 is 19.3 Å². The molecule has 2 rings (SSSR count). The van der Waals surface area contributed by atoms with Gasteiger partial charge in [0.1, 0.15) is 6.73 Å². The zero-order chi connectivity index (χ0) is 13.9. The van der Waals surface area contributed by atoms with Crippen molar-refractivity contribution in [2.24, 2.45) is 0 Å². The van der Waals surface area contributed by atoms with Gasteiger partial charge in [0.2, 0.25) is 6.79 Å². The number of benzene rings is 1. The highest BCUT2D eigenvalue weighted by Crippen LogP contribution is 2.35. The Kier molecular flexibility index (Phi) is 4.44. The van der Waals surface area contributed by atoms with Gasteiger partial charge in [-0.2, -0.15) is 0 Å². The van der Waals surface area contributed by atoms with Crippen LogP contribution in [0.2, 0.25) is 0 Å². The largest absolute Gasteiger partial charge is 0.470 e. The van der Waals surface area contributed by atoms with E-state index in [1.807, 2.05) is 25.1 Å². The summed E-state index contributed by atoms with van der Waals surface area (Å²) in [4.78, 5) is 17.1. The molecule has 3 N–H and O–H groups in total. The SMILES string of the molecule is CC(Cc1ccc2c(c1)OCO2)NCOP(=O)(O)O. The van der Waals surface area contributed by atoms with E-state index in [0.29, 0.717) is 6.42 Å². The molecule has 0 aliphatic carbocycles. The van der Waals surface area contributed by atoms with Crippen molar-refractivity contribution >= 4 is 7.82 Å². The van der Waals surface area contributed by atoms with Crippen molar-refractivity contribution in [2.75, 3.05) is 13.5 Å². The first-order valence-corrected chi connectivity index (χ1v) is 7.29. The average Bonchev–Trinajstić information content (AvgIpc) is 2.74. The molecule has 1 aromatic carbocycles. The monoisotopic (exact) mass is 289 g/mol. The van der Waals surface area contributed by atoms with E-state index in [1.165, 1.54) is 0 Å². The van der Waals surface area contributed by atoms with Gasteiger partial charge in [0, 0.05) is 6.04 Å². The smallest absolute Gasteiger partial charge is 0.454 e. The molecule has 0 aromatic heterocycles. The van der Waals surface area contributed by atoms with Crippen molar-refractivity contribution in [3.05, 3.63) is 23.8 Å². The van der Waals surface area contributed by atoms with Crippen LogP contribution < -0.4 is 14.8 Å². The minimum absolute atomic E-state index is 0.00641. The number of hydrogen-bond donors (Lipinski definition) is 3. The molecule has 1 aromatic rings. The van der Waals surface area contributed by atoms with Crippen LogP contribution in [0.3, 0.4) is 0 Å². The fraction of sp³-hybridized carbons (Fsp3) is 0.455. The van der Waals surface area contributed by atoms with Crippen LogP contribution in [-0.4, -0.2) is 29.4 Å². The Bertz CT molecular complexity index is 488. The lowest BCUT2D eigenvalue weighted by Gasteiger charge is -2.14. The zero-order valence-corrected chi connectivity index (χ0v) is 11.3. The highest BCUT2D eigenvalue weighted by Gasteiger charge is 2.16. The van der Waals surface area contributed by atoms with E-state index in [1.54, 1.807) is 0 Å². The van der Waals surface area contributed by atoms with E-state index < -0.39 is 7.82 Å². The predicted molar refractivity (Wildman–Crippen MR) is 66.9 cm³/mol. The standard InChI is InChI=1S/C11H16NO6P/c1-8(12-6-18-19(13,14)15)4-9-2-3-10-11(5-9)17-7-16-10/h2-3,5,8,12H,4,6-7H2,1H3,(H2,13,14,15). The Hall–Kier alpha value is -1.11. The van der Waals surface area contributed by atoms with Gasteiger partial charge in [-0.25, -0.2) is 4.57 Å². The number of hydrogen-bond acceptors (Lipinski definition) is 5. The zero-order valence-electron chi connectivity index (χ0n) is 10.4. The highest BCUT2D eigenvalue weighted by molar-refractivity contribution is 7.46. The Morgan fingerprint density at radius 2 is 2.16 bits per heavy atom. The lowest BCUT2D eigenvalue weighted by molar-refractivity contribution is 0.174. The first kappa shape index (κ1) is 14.3. The second-order valence-electron chi connectivity index (χ2n) is 4.26. The summed E-state index contributed by atoms with van der Waals surface area (Å²) in [5.74, 6) is 1.45. The van der Waals surface area contributed by atoms with Crippen molar-refractivity contribution < 1.29 is 28.3 Å². The molecule has 19 heavy (non-hydrogen) atoms. The van der Waals surface area contributed by atoms with Gasteiger partial charge in [0.25, 0.3) is 0 Å². The van der Waals surface area contributed by atoms with Crippen LogP contribution >= 0.6 is 7.82 Å². The number of ether oxygens (including phenoxy) is 2. The minimum atomic E-state index is -4.41. The van der Waals surface area contributed by atoms with Crippen molar-refractivity contribution in [1.29, 1.82) is 0 Å². The molecule has 0 bridgehead atoms. The second-order valence-corrected chi connectivity index (χ2v) is 5.50. The molecule has 0 radical (unpaired) electrons. The molecule has 106 valence electrons. The lowest BCUT2D eigenvalue weighted by Crippen LogP contribution is -2.29. The van der Waals surface area contributed by atoms with Crippen LogP contribution in [0, 0.1) is 0 Å². The van der Waals surface area contributed by atoms with Crippen molar-refractivity contribution in [2.45, 2.75) is 19.4 Å². The Morgan fingerprint density at radius 3 is 2.89 bits per heavy atom. The van der Waals surface area contributed by atoms with Crippen LogP contribution in [0.5, 0.6) is 11.5 Å². The summed E-state index contributed by atoms with van der Waals surface area (Å²) < 4.78 is 25.3. The average molecular weight is 289 g/mol. The highest BCUT2D eigenvalue weighted by atomic mass is 31.2. The van der Waals surface area contributed by atoms with E-state index >= 15 is 0 Å². The van der Waals surface area contributed by atoms with Gasteiger partial charge in [-0.15, -0.1) is 0 Å². The maximum Gasteiger partial charge on any atom is 0.470 e. The van der Waals surface area contributed by atoms with Crippen LogP contribution in [-0.2, 0) is 15.5 Å². The van der Waals surface area contributed by atoms with Gasteiger partial charge in [0.15, 0.2) is 11.5 Å². The third-order valence-electron chi connectivity index (χ3n) is 2.64. The van der Waals surface area contributed by atoms with Gasteiger partial charge in [-0.1, -0.05) is 6.07 Å². The van der Waals surface area contributed by atoms with Crippen LogP contribution in [0.25, 0.3) is 0 Å². The molecule has 0 saturated carbocycles. The van der Waals surface area contributed by atoms with E-state index in [4.69, 9.17) is 19.3 Å². The fourth-order valence-electron chi connectivity index (χ4n) is 1.76. The Labute approximate surface area is 110 Å². The fourth-order valence-corrected chi connectivity index (χ4v) is 2.00. The molecule has 0 saturated heterocycles. The lowest BCUT2D eigenvalue weighted by atomic mass is 10.1. The van der Waals surface area contributed by atoms with Crippen LogP contribution in [0.4, 0.5) is 0 Å². The molecule has 1 aliphatic rings. The summed E-state index contributed by atoms with van der Waals surface area (Å²) in [6, 6.07) is 5.67. The van der Waals surface area contributed by atoms with Crippen molar-refractivity contribution in [3.63, 3.8) is 0 Å². The third-order valence-corrected chi connectivity index (χ3v) is 3.11. The number of nitrogens with one attached hydrogen (secondary N) is 1. The Morgan fingerprint density at radius 1 is 1.42 bits per heavy atom. The van der Waals surface area contributed by atoms with Crippen LogP contribution in [0.1, 0.15) is 12.5 Å². The quantitative estimate of drug-likeness (QED) is 0.531. The second kappa shape index (κ2) is 5.90. The van der Waals surface area contributed by atoms with E-state index in [0.717, 1.165) is 17.1 Å². The Balaban J connectivity index is 1.82. The van der Waals surface area contributed by atoms with Gasteiger partial charge in [-0.05, 0) is 31.0 Å². The normalized spacial score (nSPS) is 15.5. The maximum atomic E-state index is 10.5. The van der Waals surface area contributed by atoms with E-state index in [9.17, 15) is 4.57 Å². The molecule has 1 aliphatic heterocycles. The molecule has 1 heterocycles. The number of rotatable bonds is 6. The first-order valence-electron chi connectivity index (χ1n) is 5.76. The summed E-state index contributed by atoms with van der Waals surface area (Å²) in [6.07, 6.45) is 0.682. The molecular formula is C11H16NO6P. The summed E-state index contributed by atoms with van der Waals surface area (Å²) in [5, 5.41) is 2.87. The predicted octanol–water partition coefficient (Wildman–Crippen LogP) is 1.00. The molecule has 1 atom stereocenters. The minimum Gasteiger partial charge on any atom is -0.454 e. The van der Waals surface area contributed by atoms with Gasteiger partial charge >= 0.3 is 7.82 Å². The molecule has 7 nitrogen and oxygen atoms in total. The summed E-state index contributed by atoms with van der Waals surface area (Å²) in [5.41, 5.74) is 1.04. The number of fused-ring (bicyclic) bond motifs is 1. The third kappa shape index (κ3) is 4.49. The maximum absolute atomic E-state index is 10.5. The molecule has 1 unspecified atom stereocenters. The van der Waals surface area contributed by atoms with Crippen molar-refractivity contribution in [3.8, 4) is 11.5 Å². The first-order chi connectivity index (χ1) is 8.94. The summed E-state index contributed by atoms with van der Waals surface area (Å²) in [7, 11) is -4.41. The molecule has 0 amide bonds. The molecular weight excluding hydrogens is 273 g/mol. The molecule has 8 heteroatoms.